The van der Waals surface area contributed by atoms with E-state index in [-0.39, 0.29) is 36.3 Å². The van der Waals surface area contributed by atoms with Gasteiger partial charge in [0.15, 0.2) is 0 Å². The molecule has 0 saturated carbocycles. The van der Waals surface area contributed by atoms with Crippen LogP contribution >= 0.6 is 0 Å². The number of aliphatic hydroxyl groups excluding tert-OH is 3. The van der Waals surface area contributed by atoms with Gasteiger partial charge in [-0.2, -0.15) is 0 Å². The number of quaternary nitrogens is 1. The molecule has 5 heteroatoms. The fraction of sp³-hybridized carbons (Fsp3) is 1.00. The number of hydrogen-bond donors (Lipinski definition) is 3. The standard InChI is InChI=1S/C8H18NO3.BrH/c10-5-3-9(4-6-11)2-1-8(12)7-9;/h8,10-12H,1-7H2;1H/q+1;/p-1. The average molecular weight is 256 g/mol. The maximum atomic E-state index is 9.34. The van der Waals surface area contributed by atoms with E-state index in [0.717, 1.165) is 13.0 Å². The molecule has 1 unspecified atom stereocenters. The topological polar surface area (TPSA) is 60.7 Å². The van der Waals surface area contributed by atoms with Crippen LogP contribution in [-0.4, -0.2) is 65.3 Å². The molecule has 0 aliphatic carbocycles. The minimum absolute atomic E-state index is 0. The zero-order valence-electron chi connectivity index (χ0n) is 7.69. The summed E-state index contributed by atoms with van der Waals surface area (Å²) in [5.74, 6) is 0. The van der Waals surface area contributed by atoms with E-state index in [1.807, 2.05) is 0 Å². The lowest BCUT2D eigenvalue weighted by Crippen LogP contribution is -3.00. The first-order chi connectivity index (χ1) is 5.72. The van der Waals surface area contributed by atoms with Gasteiger partial charge in [-0.05, 0) is 0 Å². The monoisotopic (exact) mass is 255 g/mol. The highest BCUT2D eigenvalue weighted by Crippen LogP contribution is 2.18. The molecule has 0 spiro atoms. The number of halogens is 1. The summed E-state index contributed by atoms with van der Waals surface area (Å²) in [6, 6.07) is 0. The molecule has 1 saturated heterocycles. The van der Waals surface area contributed by atoms with Gasteiger partial charge in [0.05, 0.1) is 19.8 Å². The van der Waals surface area contributed by atoms with Gasteiger partial charge < -0.3 is 36.8 Å². The van der Waals surface area contributed by atoms with Gasteiger partial charge in [0, 0.05) is 6.42 Å². The Kier molecular flexibility index (Phi) is 6.07. The van der Waals surface area contributed by atoms with Gasteiger partial charge in [-0.15, -0.1) is 0 Å². The smallest absolute Gasteiger partial charge is 0.108 e. The second kappa shape index (κ2) is 5.93. The molecule has 1 fully saturated rings. The summed E-state index contributed by atoms with van der Waals surface area (Å²) in [6.45, 7) is 3.12. The van der Waals surface area contributed by atoms with Crippen molar-refractivity contribution < 1.29 is 36.8 Å². The molecule has 3 N–H and O–H groups in total. The van der Waals surface area contributed by atoms with Crippen molar-refractivity contribution in [2.75, 3.05) is 39.4 Å². The van der Waals surface area contributed by atoms with Gasteiger partial charge >= 0.3 is 0 Å². The molecule has 0 amide bonds. The Bertz CT molecular complexity index is 134. The number of aliphatic hydroxyl groups is 3. The van der Waals surface area contributed by atoms with Crippen LogP contribution in [0.1, 0.15) is 6.42 Å². The fourth-order valence-corrected chi connectivity index (χ4v) is 1.99. The van der Waals surface area contributed by atoms with Crippen LogP contribution in [0.15, 0.2) is 0 Å². The van der Waals surface area contributed by atoms with Crippen molar-refractivity contribution in [3.8, 4) is 0 Å². The number of likely N-dealkylation sites (tertiary alicyclic amines) is 1. The SMILES string of the molecule is OCC[N+]1(CCO)CCC(O)C1.[Br-]. The van der Waals surface area contributed by atoms with E-state index < -0.39 is 0 Å². The molecule has 1 aliphatic rings. The normalized spacial score (nSPS) is 25.6. The van der Waals surface area contributed by atoms with Crippen molar-refractivity contribution in [3.63, 3.8) is 0 Å². The zero-order valence-corrected chi connectivity index (χ0v) is 9.28. The van der Waals surface area contributed by atoms with E-state index >= 15 is 0 Å². The number of rotatable bonds is 4. The van der Waals surface area contributed by atoms with Crippen LogP contribution in [0.4, 0.5) is 0 Å². The summed E-state index contributed by atoms with van der Waals surface area (Å²) in [4.78, 5) is 0. The lowest BCUT2D eigenvalue weighted by molar-refractivity contribution is -0.918. The van der Waals surface area contributed by atoms with Crippen LogP contribution in [0.25, 0.3) is 0 Å². The van der Waals surface area contributed by atoms with E-state index in [4.69, 9.17) is 10.2 Å². The van der Waals surface area contributed by atoms with Crippen molar-refractivity contribution in [1.82, 2.24) is 0 Å². The van der Waals surface area contributed by atoms with Crippen LogP contribution in [0.2, 0.25) is 0 Å². The second-order valence-electron chi connectivity index (χ2n) is 3.58. The Morgan fingerprint density at radius 3 is 2.00 bits per heavy atom. The largest absolute Gasteiger partial charge is 1.00 e. The lowest BCUT2D eigenvalue weighted by Gasteiger charge is -2.32. The fourth-order valence-electron chi connectivity index (χ4n) is 1.99. The van der Waals surface area contributed by atoms with Crippen molar-refractivity contribution in [1.29, 1.82) is 0 Å². The van der Waals surface area contributed by atoms with Crippen LogP contribution in [0, 0.1) is 0 Å². The first-order valence-electron chi connectivity index (χ1n) is 4.47. The summed E-state index contributed by atoms with van der Waals surface area (Å²) < 4.78 is 0.675. The second-order valence-corrected chi connectivity index (χ2v) is 3.58. The minimum Gasteiger partial charge on any atom is -1.00 e. The molecule has 0 bridgehead atoms. The van der Waals surface area contributed by atoms with Crippen molar-refractivity contribution in [2.24, 2.45) is 0 Å². The number of nitrogens with zero attached hydrogens (tertiary/aromatic N) is 1. The predicted molar refractivity (Wildman–Crippen MR) is 44.5 cm³/mol. The maximum absolute atomic E-state index is 9.34. The third-order valence-corrected chi connectivity index (χ3v) is 2.68. The van der Waals surface area contributed by atoms with E-state index in [9.17, 15) is 5.11 Å². The van der Waals surface area contributed by atoms with Crippen LogP contribution in [0.5, 0.6) is 0 Å². The van der Waals surface area contributed by atoms with Crippen molar-refractivity contribution in [2.45, 2.75) is 12.5 Å². The molecule has 13 heavy (non-hydrogen) atoms. The Hall–Kier alpha value is 0.320. The van der Waals surface area contributed by atoms with Crippen molar-refractivity contribution >= 4 is 0 Å². The molecule has 0 radical (unpaired) electrons. The van der Waals surface area contributed by atoms with Crippen molar-refractivity contribution in [3.05, 3.63) is 0 Å². The molecule has 1 atom stereocenters. The summed E-state index contributed by atoms with van der Waals surface area (Å²) in [6.07, 6.45) is 0.545. The summed E-state index contributed by atoms with van der Waals surface area (Å²) in [5.41, 5.74) is 0. The Morgan fingerprint density at radius 2 is 1.69 bits per heavy atom. The summed E-state index contributed by atoms with van der Waals surface area (Å²) >= 11 is 0. The first kappa shape index (κ1) is 13.3. The minimum atomic E-state index is -0.247. The highest BCUT2D eigenvalue weighted by molar-refractivity contribution is 4.64. The Labute approximate surface area is 89.2 Å². The lowest BCUT2D eigenvalue weighted by atomic mass is 10.3. The Morgan fingerprint density at radius 1 is 1.15 bits per heavy atom. The Balaban J connectivity index is 0.00000144. The molecular formula is C8H18BrNO3. The van der Waals surface area contributed by atoms with Crippen LogP contribution < -0.4 is 17.0 Å². The molecule has 0 aromatic heterocycles. The molecule has 1 heterocycles. The van der Waals surface area contributed by atoms with Gasteiger partial charge in [-0.25, -0.2) is 0 Å². The van der Waals surface area contributed by atoms with Gasteiger partial charge in [0.1, 0.15) is 25.7 Å². The van der Waals surface area contributed by atoms with E-state index in [0.29, 0.717) is 24.1 Å². The summed E-state index contributed by atoms with van der Waals surface area (Å²) in [7, 11) is 0. The van der Waals surface area contributed by atoms with Gasteiger partial charge in [-0.1, -0.05) is 0 Å². The molecule has 80 valence electrons. The highest BCUT2D eigenvalue weighted by Gasteiger charge is 2.36. The zero-order chi connectivity index (χ0) is 9.03. The maximum Gasteiger partial charge on any atom is 0.108 e. The molecule has 4 nitrogen and oxygen atoms in total. The van der Waals surface area contributed by atoms with Gasteiger partial charge in [-0.3, -0.25) is 0 Å². The summed E-state index contributed by atoms with van der Waals surface area (Å²) in [5, 5.41) is 27.0. The quantitative estimate of drug-likeness (QED) is 0.445. The third kappa shape index (κ3) is 3.52. The number of hydrogen-bond acceptors (Lipinski definition) is 3. The van der Waals surface area contributed by atoms with Crippen LogP contribution in [-0.2, 0) is 0 Å². The van der Waals surface area contributed by atoms with Gasteiger partial charge in [0.25, 0.3) is 0 Å². The average Bonchev–Trinajstić information content (AvgIpc) is 2.34. The van der Waals surface area contributed by atoms with E-state index in [1.165, 1.54) is 0 Å². The first-order valence-corrected chi connectivity index (χ1v) is 4.47. The predicted octanol–water partition coefficient (Wildman–Crippen LogP) is -4.44. The highest BCUT2D eigenvalue weighted by atomic mass is 79.9. The third-order valence-electron chi connectivity index (χ3n) is 2.68. The molecule has 0 aromatic rings. The molecule has 0 aromatic carbocycles. The molecular weight excluding hydrogens is 238 g/mol. The molecule has 1 aliphatic heterocycles. The van der Waals surface area contributed by atoms with E-state index in [1.54, 1.807) is 0 Å². The molecule has 1 rings (SSSR count). The van der Waals surface area contributed by atoms with Gasteiger partial charge in [0.2, 0.25) is 0 Å². The van der Waals surface area contributed by atoms with Crippen LogP contribution in [0.3, 0.4) is 0 Å². The van der Waals surface area contributed by atoms with E-state index in [2.05, 4.69) is 0 Å².